The van der Waals surface area contributed by atoms with E-state index in [1.54, 1.807) is 0 Å². The van der Waals surface area contributed by atoms with Crippen LogP contribution in [0.2, 0.25) is 0 Å². The van der Waals surface area contributed by atoms with Crippen LogP contribution < -0.4 is 10.5 Å². The van der Waals surface area contributed by atoms with Crippen molar-refractivity contribution in [3.63, 3.8) is 0 Å². The Hall–Kier alpha value is -1.32. The first-order valence-corrected chi connectivity index (χ1v) is 7.57. The molecule has 0 aliphatic carbocycles. The molecule has 1 atom stereocenters. The molecule has 106 valence electrons. The fourth-order valence-electron chi connectivity index (χ4n) is 2.34. The standard InChI is InChI=1S/C17H20BrNO/c1-4-20-16-8-6-13(10-15(16)18)17(19)14-7-5-11(2)9-12(14)3/h5-10,17H,4,19H2,1-3H3. The lowest BCUT2D eigenvalue weighted by Crippen LogP contribution is -2.13. The summed E-state index contributed by atoms with van der Waals surface area (Å²) in [6.45, 7) is 6.82. The average Bonchev–Trinajstić information content (AvgIpc) is 2.40. The quantitative estimate of drug-likeness (QED) is 0.893. The van der Waals surface area contributed by atoms with Gasteiger partial charge in [0.25, 0.3) is 0 Å². The molecule has 0 spiro atoms. The lowest BCUT2D eigenvalue weighted by atomic mass is 9.94. The fourth-order valence-corrected chi connectivity index (χ4v) is 2.85. The minimum atomic E-state index is -0.123. The van der Waals surface area contributed by atoms with E-state index >= 15 is 0 Å². The molecule has 0 bridgehead atoms. The van der Waals surface area contributed by atoms with E-state index in [4.69, 9.17) is 10.5 Å². The third-order valence-electron chi connectivity index (χ3n) is 3.38. The molecule has 2 aromatic rings. The summed E-state index contributed by atoms with van der Waals surface area (Å²) in [4.78, 5) is 0. The molecule has 0 aliphatic heterocycles. The van der Waals surface area contributed by atoms with Gasteiger partial charge in [-0.15, -0.1) is 0 Å². The summed E-state index contributed by atoms with van der Waals surface area (Å²) in [6.07, 6.45) is 0. The maximum atomic E-state index is 6.40. The molecule has 0 aromatic heterocycles. The lowest BCUT2D eigenvalue weighted by Gasteiger charge is -2.17. The van der Waals surface area contributed by atoms with E-state index < -0.39 is 0 Å². The highest BCUT2D eigenvalue weighted by Crippen LogP contribution is 2.31. The number of hydrogen-bond acceptors (Lipinski definition) is 2. The van der Waals surface area contributed by atoms with Crippen LogP contribution in [0.3, 0.4) is 0 Å². The molecule has 0 aliphatic rings. The summed E-state index contributed by atoms with van der Waals surface area (Å²) in [5.74, 6) is 0.851. The predicted octanol–water partition coefficient (Wildman–Crippen LogP) is 4.51. The van der Waals surface area contributed by atoms with E-state index in [0.717, 1.165) is 21.3 Å². The second-order valence-corrected chi connectivity index (χ2v) is 5.81. The molecule has 3 heteroatoms. The minimum absolute atomic E-state index is 0.123. The highest BCUT2D eigenvalue weighted by Gasteiger charge is 2.13. The zero-order valence-electron chi connectivity index (χ0n) is 12.1. The lowest BCUT2D eigenvalue weighted by molar-refractivity contribution is 0.338. The molecule has 2 nitrogen and oxygen atoms in total. The molecule has 0 radical (unpaired) electrons. The van der Waals surface area contributed by atoms with E-state index in [2.05, 4.69) is 48.0 Å². The summed E-state index contributed by atoms with van der Waals surface area (Å²) in [5.41, 5.74) is 11.1. The van der Waals surface area contributed by atoms with Gasteiger partial charge in [0.1, 0.15) is 5.75 Å². The number of rotatable bonds is 4. The van der Waals surface area contributed by atoms with Gasteiger partial charge in [-0.3, -0.25) is 0 Å². The van der Waals surface area contributed by atoms with Crippen LogP contribution in [0.1, 0.15) is 35.2 Å². The van der Waals surface area contributed by atoms with Gasteiger partial charge in [-0.2, -0.15) is 0 Å². The van der Waals surface area contributed by atoms with Crippen molar-refractivity contribution in [1.82, 2.24) is 0 Å². The molecule has 2 rings (SSSR count). The van der Waals surface area contributed by atoms with E-state index in [-0.39, 0.29) is 6.04 Å². The molecule has 0 saturated heterocycles. The van der Waals surface area contributed by atoms with Gasteiger partial charge >= 0.3 is 0 Å². The van der Waals surface area contributed by atoms with Crippen LogP contribution in [-0.2, 0) is 0 Å². The maximum Gasteiger partial charge on any atom is 0.133 e. The summed E-state index contributed by atoms with van der Waals surface area (Å²) < 4.78 is 6.47. The Morgan fingerprint density at radius 1 is 1.15 bits per heavy atom. The third kappa shape index (κ3) is 3.22. The Morgan fingerprint density at radius 3 is 2.50 bits per heavy atom. The van der Waals surface area contributed by atoms with Gasteiger partial charge in [0, 0.05) is 0 Å². The van der Waals surface area contributed by atoms with Crippen LogP contribution in [0.25, 0.3) is 0 Å². The van der Waals surface area contributed by atoms with Crippen LogP contribution >= 0.6 is 15.9 Å². The molecule has 20 heavy (non-hydrogen) atoms. The van der Waals surface area contributed by atoms with Crippen molar-refractivity contribution in [1.29, 1.82) is 0 Å². The third-order valence-corrected chi connectivity index (χ3v) is 3.99. The Balaban J connectivity index is 2.33. The highest BCUT2D eigenvalue weighted by atomic mass is 79.9. The van der Waals surface area contributed by atoms with Crippen molar-refractivity contribution in [2.24, 2.45) is 5.73 Å². The van der Waals surface area contributed by atoms with Crippen LogP contribution in [-0.4, -0.2) is 6.61 Å². The number of nitrogens with two attached hydrogens (primary N) is 1. The SMILES string of the molecule is CCOc1ccc(C(N)c2ccc(C)cc2C)cc1Br. The van der Waals surface area contributed by atoms with E-state index in [0.29, 0.717) is 6.61 Å². The highest BCUT2D eigenvalue weighted by molar-refractivity contribution is 9.10. The molecule has 1 unspecified atom stereocenters. The van der Waals surface area contributed by atoms with Crippen LogP contribution in [0.5, 0.6) is 5.75 Å². The zero-order chi connectivity index (χ0) is 14.7. The molecule has 0 heterocycles. The smallest absolute Gasteiger partial charge is 0.133 e. The Bertz CT molecular complexity index is 610. The number of hydrogen-bond donors (Lipinski definition) is 1. The first-order valence-electron chi connectivity index (χ1n) is 6.78. The molecule has 0 amide bonds. The van der Waals surface area contributed by atoms with E-state index in [9.17, 15) is 0 Å². The summed E-state index contributed by atoms with van der Waals surface area (Å²) in [5, 5.41) is 0. The molecule has 2 N–H and O–H groups in total. The molecular formula is C17H20BrNO. The largest absolute Gasteiger partial charge is 0.493 e. The first kappa shape index (κ1) is 15.1. The van der Waals surface area contributed by atoms with Crippen molar-refractivity contribution in [3.05, 3.63) is 63.1 Å². The topological polar surface area (TPSA) is 35.2 Å². The van der Waals surface area contributed by atoms with E-state index in [1.807, 2.05) is 25.1 Å². The van der Waals surface area contributed by atoms with Gasteiger partial charge in [0.15, 0.2) is 0 Å². The Morgan fingerprint density at radius 2 is 1.90 bits per heavy atom. The summed E-state index contributed by atoms with van der Waals surface area (Å²) >= 11 is 3.54. The van der Waals surface area contributed by atoms with Crippen LogP contribution in [0.4, 0.5) is 0 Å². The second kappa shape index (κ2) is 6.42. The van der Waals surface area contributed by atoms with Crippen molar-refractivity contribution in [2.45, 2.75) is 26.8 Å². The maximum absolute atomic E-state index is 6.40. The van der Waals surface area contributed by atoms with Gasteiger partial charge in [0.2, 0.25) is 0 Å². The molecule has 0 fully saturated rings. The van der Waals surface area contributed by atoms with Crippen molar-refractivity contribution in [3.8, 4) is 5.75 Å². The minimum Gasteiger partial charge on any atom is -0.493 e. The Labute approximate surface area is 129 Å². The fraction of sp³-hybridized carbons (Fsp3) is 0.294. The monoisotopic (exact) mass is 333 g/mol. The van der Waals surface area contributed by atoms with Crippen molar-refractivity contribution < 1.29 is 4.74 Å². The van der Waals surface area contributed by atoms with Gasteiger partial charge in [-0.05, 0) is 65.5 Å². The first-order chi connectivity index (χ1) is 9.52. The number of halogens is 1. The molecule has 0 saturated carbocycles. The molecular weight excluding hydrogens is 314 g/mol. The summed E-state index contributed by atoms with van der Waals surface area (Å²) in [7, 11) is 0. The molecule has 2 aromatic carbocycles. The number of aryl methyl sites for hydroxylation is 2. The van der Waals surface area contributed by atoms with Gasteiger partial charge in [-0.25, -0.2) is 0 Å². The number of benzene rings is 2. The zero-order valence-corrected chi connectivity index (χ0v) is 13.7. The average molecular weight is 334 g/mol. The van der Waals surface area contributed by atoms with Crippen molar-refractivity contribution >= 4 is 15.9 Å². The van der Waals surface area contributed by atoms with Crippen molar-refractivity contribution in [2.75, 3.05) is 6.61 Å². The second-order valence-electron chi connectivity index (χ2n) is 4.96. The normalized spacial score (nSPS) is 12.2. The number of ether oxygens (including phenoxy) is 1. The van der Waals surface area contributed by atoms with Gasteiger partial charge in [-0.1, -0.05) is 29.8 Å². The van der Waals surface area contributed by atoms with E-state index in [1.165, 1.54) is 11.1 Å². The predicted molar refractivity (Wildman–Crippen MR) is 87.3 cm³/mol. The van der Waals surface area contributed by atoms with Crippen LogP contribution in [0.15, 0.2) is 40.9 Å². The summed E-state index contributed by atoms with van der Waals surface area (Å²) in [6, 6.07) is 12.3. The Kier molecular flexibility index (Phi) is 4.84. The van der Waals surface area contributed by atoms with Gasteiger partial charge in [0.05, 0.1) is 17.1 Å². The van der Waals surface area contributed by atoms with Crippen LogP contribution in [0, 0.1) is 13.8 Å². The van der Waals surface area contributed by atoms with Gasteiger partial charge < -0.3 is 10.5 Å².